The molecule has 0 unspecified atom stereocenters. The zero-order chi connectivity index (χ0) is 12.8. The number of nitro groups is 1. The highest BCUT2D eigenvalue weighted by atomic mass is 35.5. The van der Waals surface area contributed by atoms with Gasteiger partial charge in [-0.05, 0) is 25.0 Å². The molecule has 0 fully saturated rings. The predicted octanol–water partition coefficient (Wildman–Crippen LogP) is 3.73. The first-order chi connectivity index (χ1) is 8.00. The fourth-order valence-electron chi connectivity index (χ4n) is 1.22. The van der Waals surface area contributed by atoms with E-state index in [-0.39, 0.29) is 10.7 Å². The van der Waals surface area contributed by atoms with Gasteiger partial charge in [0.1, 0.15) is 5.02 Å². The van der Waals surface area contributed by atoms with Gasteiger partial charge in [-0.1, -0.05) is 23.2 Å². The van der Waals surface area contributed by atoms with E-state index < -0.39 is 4.92 Å². The lowest BCUT2D eigenvalue weighted by Crippen LogP contribution is -1.97. The summed E-state index contributed by atoms with van der Waals surface area (Å²) in [4.78, 5) is 10.2. The molecule has 0 amide bonds. The smallest absolute Gasteiger partial charge is 0.288 e. The van der Waals surface area contributed by atoms with Crippen molar-refractivity contribution in [2.75, 3.05) is 6.61 Å². The van der Waals surface area contributed by atoms with E-state index in [1.807, 2.05) is 6.92 Å². The molecule has 0 heterocycles. The SMILES string of the molecule is C=C(C)CCOCc1ccc(Cl)c([N+](=O)[O-])c1. The van der Waals surface area contributed by atoms with E-state index in [9.17, 15) is 10.1 Å². The molecule has 1 aromatic rings. The molecule has 1 aromatic carbocycles. The second kappa shape index (κ2) is 6.37. The molecule has 0 saturated heterocycles. The normalized spacial score (nSPS) is 10.2. The van der Waals surface area contributed by atoms with Crippen molar-refractivity contribution in [3.63, 3.8) is 0 Å². The van der Waals surface area contributed by atoms with Crippen molar-refractivity contribution in [1.82, 2.24) is 0 Å². The first kappa shape index (κ1) is 13.7. The molecular formula is C12H14ClNO3. The standard InChI is InChI=1S/C12H14ClNO3/c1-9(2)5-6-17-8-10-3-4-11(13)12(7-10)14(15)16/h3-4,7H,1,5-6,8H2,2H3. The van der Waals surface area contributed by atoms with Crippen LogP contribution in [0, 0.1) is 10.1 Å². The topological polar surface area (TPSA) is 52.4 Å². The average Bonchev–Trinajstić information content (AvgIpc) is 2.25. The second-order valence-corrected chi connectivity index (χ2v) is 4.21. The summed E-state index contributed by atoms with van der Waals surface area (Å²) in [6.45, 7) is 6.59. The summed E-state index contributed by atoms with van der Waals surface area (Å²) in [5.74, 6) is 0. The summed E-state index contributed by atoms with van der Waals surface area (Å²) >= 11 is 5.70. The zero-order valence-electron chi connectivity index (χ0n) is 9.61. The van der Waals surface area contributed by atoms with Gasteiger partial charge in [0, 0.05) is 6.07 Å². The van der Waals surface area contributed by atoms with Gasteiger partial charge in [0.25, 0.3) is 5.69 Å². The summed E-state index contributed by atoms with van der Waals surface area (Å²) in [7, 11) is 0. The van der Waals surface area contributed by atoms with Gasteiger partial charge in [-0.2, -0.15) is 0 Å². The maximum absolute atomic E-state index is 10.7. The lowest BCUT2D eigenvalue weighted by molar-refractivity contribution is -0.384. The maximum atomic E-state index is 10.7. The Bertz CT molecular complexity index is 432. The van der Waals surface area contributed by atoms with E-state index >= 15 is 0 Å². The Balaban J connectivity index is 2.57. The monoisotopic (exact) mass is 255 g/mol. The van der Waals surface area contributed by atoms with Crippen molar-refractivity contribution in [2.45, 2.75) is 20.0 Å². The fourth-order valence-corrected chi connectivity index (χ4v) is 1.41. The van der Waals surface area contributed by atoms with E-state index in [0.717, 1.165) is 17.6 Å². The number of nitrogens with zero attached hydrogens (tertiary/aromatic N) is 1. The molecule has 0 aliphatic carbocycles. The predicted molar refractivity (Wildman–Crippen MR) is 67.2 cm³/mol. The minimum atomic E-state index is -0.500. The Hall–Kier alpha value is -1.39. The number of hydrogen-bond donors (Lipinski definition) is 0. The zero-order valence-corrected chi connectivity index (χ0v) is 10.4. The minimum absolute atomic E-state index is 0.0901. The Morgan fingerprint density at radius 1 is 1.59 bits per heavy atom. The van der Waals surface area contributed by atoms with E-state index in [0.29, 0.717) is 13.2 Å². The van der Waals surface area contributed by atoms with Crippen molar-refractivity contribution in [3.05, 3.63) is 51.1 Å². The van der Waals surface area contributed by atoms with Crippen LogP contribution in [0.4, 0.5) is 5.69 Å². The van der Waals surface area contributed by atoms with Gasteiger partial charge in [0.05, 0.1) is 18.1 Å². The van der Waals surface area contributed by atoms with Crippen LogP contribution in [0.1, 0.15) is 18.9 Å². The van der Waals surface area contributed by atoms with Crippen LogP contribution in [0.3, 0.4) is 0 Å². The van der Waals surface area contributed by atoms with Crippen LogP contribution in [0.5, 0.6) is 0 Å². The van der Waals surface area contributed by atoms with Gasteiger partial charge >= 0.3 is 0 Å². The molecule has 1 rings (SSSR count). The van der Waals surface area contributed by atoms with Crippen molar-refractivity contribution in [1.29, 1.82) is 0 Å². The third-order valence-electron chi connectivity index (χ3n) is 2.15. The molecule has 5 heteroatoms. The van der Waals surface area contributed by atoms with E-state index in [1.165, 1.54) is 12.1 Å². The fraction of sp³-hybridized carbons (Fsp3) is 0.333. The number of nitro benzene ring substituents is 1. The van der Waals surface area contributed by atoms with Crippen molar-refractivity contribution in [2.24, 2.45) is 0 Å². The van der Waals surface area contributed by atoms with E-state index in [1.54, 1.807) is 6.07 Å². The number of rotatable bonds is 6. The third kappa shape index (κ3) is 4.54. The highest BCUT2D eigenvalue weighted by molar-refractivity contribution is 6.32. The summed E-state index contributed by atoms with van der Waals surface area (Å²) < 4.78 is 5.38. The summed E-state index contributed by atoms with van der Waals surface area (Å²) in [6.07, 6.45) is 0.787. The van der Waals surface area contributed by atoms with Gasteiger partial charge in [-0.3, -0.25) is 10.1 Å². The molecule has 0 aromatic heterocycles. The van der Waals surface area contributed by atoms with E-state index in [4.69, 9.17) is 16.3 Å². The van der Waals surface area contributed by atoms with Gasteiger partial charge in [0.15, 0.2) is 0 Å². The molecule has 0 spiro atoms. The van der Waals surface area contributed by atoms with Crippen LogP contribution in [0.25, 0.3) is 0 Å². The lowest BCUT2D eigenvalue weighted by atomic mass is 10.2. The summed E-state index contributed by atoms with van der Waals surface area (Å²) in [5, 5.41) is 10.8. The summed E-state index contributed by atoms with van der Waals surface area (Å²) in [5.41, 5.74) is 1.70. The molecule has 0 aliphatic heterocycles. The van der Waals surface area contributed by atoms with Gasteiger partial charge in [-0.15, -0.1) is 6.58 Å². The molecule has 17 heavy (non-hydrogen) atoms. The Kier molecular flexibility index (Phi) is 5.12. The Morgan fingerprint density at radius 2 is 2.29 bits per heavy atom. The van der Waals surface area contributed by atoms with Crippen molar-refractivity contribution >= 4 is 17.3 Å². The second-order valence-electron chi connectivity index (χ2n) is 3.80. The number of benzene rings is 1. The molecule has 0 atom stereocenters. The van der Waals surface area contributed by atoms with E-state index in [2.05, 4.69) is 6.58 Å². The molecule has 0 aliphatic rings. The highest BCUT2D eigenvalue weighted by Gasteiger charge is 2.12. The minimum Gasteiger partial charge on any atom is -0.376 e. The number of ether oxygens (including phenoxy) is 1. The van der Waals surface area contributed by atoms with Gasteiger partial charge in [-0.25, -0.2) is 0 Å². The average molecular weight is 256 g/mol. The van der Waals surface area contributed by atoms with Crippen LogP contribution in [-0.4, -0.2) is 11.5 Å². The largest absolute Gasteiger partial charge is 0.376 e. The maximum Gasteiger partial charge on any atom is 0.288 e. The van der Waals surface area contributed by atoms with Crippen LogP contribution in [0.15, 0.2) is 30.4 Å². The first-order valence-corrected chi connectivity index (χ1v) is 5.53. The third-order valence-corrected chi connectivity index (χ3v) is 2.47. The van der Waals surface area contributed by atoms with Gasteiger partial charge < -0.3 is 4.74 Å². The number of hydrogen-bond acceptors (Lipinski definition) is 3. The molecule has 4 nitrogen and oxygen atoms in total. The van der Waals surface area contributed by atoms with Crippen molar-refractivity contribution < 1.29 is 9.66 Å². The first-order valence-electron chi connectivity index (χ1n) is 5.15. The van der Waals surface area contributed by atoms with Gasteiger partial charge in [0.2, 0.25) is 0 Å². The highest BCUT2D eigenvalue weighted by Crippen LogP contribution is 2.25. The quantitative estimate of drug-likeness (QED) is 0.337. The Labute approximate surface area is 105 Å². The molecule has 0 bridgehead atoms. The summed E-state index contributed by atoms with van der Waals surface area (Å²) in [6, 6.07) is 4.66. The molecule has 0 saturated carbocycles. The molecule has 92 valence electrons. The molecular weight excluding hydrogens is 242 g/mol. The van der Waals surface area contributed by atoms with Crippen LogP contribution >= 0.6 is 11.6 Å². The van der Waals surface area contributed by atoms with Crippen LogP contribution in [0.2, 0.25) is 5.02 Å². The lowest BCUT2D eigenvalue weighted by Gasteiger charge is -2.04. The van der Waals surface area contributed by atoms with Crippen LogP contribution < -0.4 is 0 Å². The number of halogens is 1. The Morgan fingerprint density at radius 3 is 2.88 bits per heavy atom. The van der Waals surface area contributed by atoms with Crippen LogP contribution in [-0.2, 0) is 11.3 Å². The van der Waals surface area contributed by atoms with Crippen molar-refractivity contribution in [3.8, 4) is 0 Å². The molecule has 0 radical (unpaired) electrons. The molecule has 0 N–H and O–H groups in total.